The first-order chi connectivity index (χ1) is 9.56. The maximum atomic E-state index is 9.97. The Morgan fingerprint density at radius 2 is 2.05 bits per heavy atom. The highest BCUT2D eigenvalue weighted by Crippen LogP contribution is 2.37. The summed E-state index contributed by atoms with van der Waals surface area (Å²) in [7, 11) is 0. The number of para-hydroxylation sites is 1. The summed E-state index contributed by atoms with van der Waals surface area (Å²) in [6.45, 7) is 4.84. The molecule has 2 N–H and O–H groups in total. The maximum absolute atomic E-state index is 9.97. The lowest BCUT2D eigenvalue weighted by molar-refractivity contribution is 0.193. The van der Waals surface area contributed by atoms with E-state index in [2.05, 4.69) is 41.2 Å². The van der Waals surface area contributed by atoms with Crippen molar-refractivity contribution in [3.8, 4) is 0 Å². The molecule has 112 valence electrons. The minimum atomic E-state index is -0.159. The van der Waals surface area contributed by atoms with Gasteiger partial charge < -0.3 is 10.4 Å². The van der Waals surface area contributed by atoms with Crippen molar-refractivity contribution in [2.75, 3.05) is 11.9 Å². The fourth-order valence-electron chi connectivity index (χ4n) is 3.27. The summed E-state index contributed by atoms with van der Waals surface area (Å²) in [5.74, 6) is 1.54. The number of hydrogen-bond donors (Lipinski definition) is 2. The van der Waals surface area contributed by atoms with E-state index in [1.165, 1.54) is 19.3 Å². The summed E-state index contributed by atoms with van der Waals surface area (Å²) in [4.78, 5) is 0. The van der Waals surface area contributed by atoms with Crippen LogP contribution in [-0.2, 0) is 0 Å². The fraction of sp³-hybridized carbons (Fsp3) is 0.647. The highest BCUT2D eigenvalue weighted by molar-refractivity contribution is 9.10. The second kappa shape index (κ2) is 6.95. The molecule has 2 unspecified atom stereocenters. The van der Waals surface area contributed by atoms with E-state index in [0.717, 1.165) is 34.8 Å². The fourth-order valence-corrected chi connectivity index (χ4v) is 3.66. The van der Waals surface area contributed by atoms with E-state index in [1.54, 1.807) is 0 Å². The van der Waals surface area contributed by atoms with Gasteiger partial charge in [0, 0.05) is 10.2 Å². The predicted octanol–water partition coefficient (Wildman–Crippen LogP) is 4.83. The van der Waals surface area contributed by atoms with E-state index in [1.807, 2.05) is 18.2 Å². The summed E-state index contributed by atoms with van der Waals surface area (Å²) >= 11 is 3.59. The van der Waals surface area contributed by atoms with Crippen LogP contribution < -0.4 is 5.32 Å². The van der Waals surface area contributed by atoms with Gasteiger partial charge in [0.15, 0.2) is 0 Å². The van der Waals surface area contributed by atoms with Crippen molar-refractivity contribution in [3.05, 3.63) is 28.7 Å². The van der Waals surface area contributed by atoms with Gasteiger partial charge in [-0.1, -0.05) is 38.8 Å². The van der Waals surface area contributed by atoms with Crippen LogP contribution in [0.1, 0.15) is 46.0 Å². The average Bonchev–Trinajstić information content (AvgIpc) is 2.65. The lowest BCUT2D eigenvalue weighted by Crippen LogP contribution is -2.41. The highest BCUT2D eigenvalue weighted by atomic mass is 79.9. The molecule has 3 heteroatoms. The van der Waals surface area contributed by atoms with Crippen molar-refractivity contribution in [3.63, 3.8) is 0 Å². The van der Waals surface area contributed by atoms with Gasteiger partial charge in [0.05, 0.1) is 12.1 Å². The number of anilines is 1. The van der Waals surface area contributed by atoms with Gasteiger partial charge in [-0.05, 0) is 59.2 Å². The van der Waals surface area contributed by atoms with Gasteiger partial charge in [-0.15, -0.1) is 0 Å². The number of rotatable bonds is 4. The zero-order chi connectivity index (χ0) is 14.6. The largest absolute Gasteiger partial charge is 0.394 e. The Morgan fingerprint density at radius 3 is 2.70 bits per heavy atom. The Balaban J connectivity index is 2.12. The van der Waals surface area contributed by atoms with Crippen molar-refractivity contribution < 1.29 is 5.11 Å². The average molecular weight is 340 g/mol. The molecule has 0 amide bonds. The van der Waals surface area contributed by atoms with E-state index >= 15 is 0 Å². The van der Waals surface area contributed by atoms with Crippen LogP contribution in [0.3, 0.4) is 0 Å². The Kier molecular flexibility index (Phi) is 5.50. The standard InChI is InChI=1S/C17H26BrNO/c1-13(2)14-6-5-10-17(12-20,11-9-14)19-16-8-4-3-7-15(16)18/h3-4,7-8,13-14,19-20H,5-6,9-12H2,1-2H3. The number of benzene rings is 1. The Morgan fingerprint density at radius 1 is 1.30 bits per heavy atom. The molecule has 1 aliphatic carbocycles. The Hall–Kier alpha value is -0.540. The first-order valence-electron chi connectivity index (χ1n) is 7.70. The molecule has 1 fully saturated rings. The molecule has 0 spiro atoms. The normalized spacial score (nSPS) is 27.4. The topological polar surface area (TPSA) is 32.3 Å². The molecule has 0 aliphatic heterocycles. The van der Waals surface area contributed by atoms with Crippen LogP contribution in [-0.4, -0.2) is 17.3 Å². The van der Waals surface area contributed by atoms with Crippen LogP contribution in [0.2, 0.25) is 0 Å². The molecule has 0 radical (unpaired) electrons. The predicted molar refractivity (Wildman–Crippen MR) is 89.0 cm³/mol. The number of aliphatic hydroxyl groups is 1. The molecular formula is C17H26BrNO. The molecule has 1 aliphatic rings. The minimum absolute atomic E-state index is 0.159. The van der Waals surface area contributed by atoms with Gasteiger partial charge in [-0.25, -0.2) is 0 Å². The van der Waals surface area contributed by atoms with Crippen molar-refractivity contribution in [1.29, 1.82) is 0 Å². The van der Waals surface area contributed by atoms with Crippen molar-refractivity contribution >= 4 is 21.6 Å². The Labute approximate surface area is 131 Å². The minimum Gasteiger partial charge on any atom is -0.394 e. The zero-order valence-corrected chi connectivity index (χ0v) is 14.1. The van der Waals surface area contributed by atoms with Crippen LogP contribution in [0.4, 0.5) is 5.69 Å². The van der Waals surface area contributed by atoms with Crippen LogP contribution in [0.5, 0.6) is 0 Å². The summed E-state index contributed by atoms with van der Waals surface area (Å²) in [5.41, 5.74) is 0.928. The Bertz CT molecular complexity index is 435. The van der Waals surface area contributed by atoms with Gasteiger partial charge in [0.25, 0.3) is 0 Å². The molecular weight excluding hydrogens is 314 g/mol. The third kappa shape index (κ3) is 3.76. The zero-order valence-electron chi connectivity index (χ0n) is 12.5. The number of aliphatic hydroxyl groups excluding tert-OH is 1. The van der Waals surface area contributed by atoms with Gasteiger partial charge in [0.2, 0.25) is 0 Å². The van der Waals surface area contributed by atoms with E-state index in [9.17, 15) is 5.11 Å². The monoisotopic (exact) mass is 339 g/mol. The first-order valence-corrected chi connectivity index (χ1v) is 8.49. The van der Waals surface area contributed by atoms with E-state index < -0.39 is 0 Å². The van der Waals surface area contributed by atoms with Crippen LogP contribution >= 0.6 is 15.9 Å². The van der Waals surface area contributed by atoms with Gasteiger partial charge in [-0.2, -0.15) is 0 Å². The van der Waals surface area contributed by atoms with Crippen LogP contribution in [0.15, 0.2) is 28.7 Å². The molecule has 1 saturated carbocycles. The van der Waals surface area contributed by atoms with Crippen LogP contribution in [0.25, 0.3) is 0 Å². The number of hydrogen-bond acceptors (Lipinski definition) is 2. The summed E-state index contributed by atoms with van der Waals surface area (Å²) < 4.78 is 1.07. The van der Waals surface area contributed by atoms with E-state index in [-0.39, 0.29) is 12.1 Å². The smallest absolute Gasteiger partial charge is 0.0661 e. The maximum Gasteiger partial charge on any atom is 0.0661 e. The lowest BCUT2D eigenvalue weighted by Gasteiger charge is -2.34. The summed E-state index contributed by atoms with van der Waals surface area (Å²) in [6, 6.07) is 8.17. The number of halogens is 1. The highest BCUT2D eigenvalue weighted by Gasteiger charge is 2.33. The van der Waals surface area contributed by atoms with Gasteiger partial charge in [-0.3, -0.25) is 0 Å². The third-order valence-electron chi connectivity index (χ3n) is 4.74. The third-order valence-corrected chi connectivity index (χ3v) is 5.43. The molecule has 2 rings (SSSR count). The van der Waals surface area contributed by atoms with Crippen molar-refractivity contribution in [2.24, 2.45) is 11.8 Å². The van der Waals surface area contributed by atoms with Crippen molar-refractivity contribution in [1.82, 2.24) is 0 Å². The quantitative estimate of drug-likeness (QED) is 0.770. The SMILES string of the molecule is CC(C)C1CCCC(CO)(Nc2ccccc2Br)CC1. The first kappa shape index (κ1) is 15.8. The molecule has 1 aromatic carbocycles. The van der Waals surface area contributed by atoms with Crippen molar-refractivity contribution in [2.45, 2.75) is 51.5 Å². The molecule has 1 aromatic rings. The molecule has 0 saturated heterocycles. The summed E-state index contributed by atoms with van der Waals surface area (Å²) in [6.07, 6.45) is 5.79. The van der Waals surface area contributed by atoms with Gasteiger partial charge in [0.1, 0.15) is 0 Å². The summed E-state index contributed by atoms with van der Waals surface area (Å²) in [5, 5.41) is 13.6. The van der Waals surface area contributed by atoms with E-state index in [0.29, 0.717) is 0 Å². The number of nitrogens with one attached hydrogen (secondary N) is 1. The second-order valence-corrected chi connectivity index (χ2v) is 7.33. The van der Waals surface area contributed by atoms with Gasteiger partial charge >= 0.3 is 0 Å². The van der Waals surface area contributed by atoms with E-state index in [4.69, 9.17) is 0 Å². The lowest BCUT2D eigenvalue weighted by atomic mass is 9.86. The molecule has 0 bridgehead atoms. The molecule has 0 heterocycles. The van der Waals surface area contributed by atoms with Crippen LogP contribution in [0, 0.1) is 11.8 Å². The molecule has 2 nitrogen and oxygen atoms in total. The molecule has 20 heavy (non-hydrogen) atoms. The molecule has 0 aromatic heterocycles. The molecule has 2 atom stereocenters. The second-order valence-electron chi connectivity index (χ2n) is 6.48.